The van der Waals surface area contributed by atoms with Crippen LogP contribution in [0.3, 0.4) is 0 Å². The van der Waals surface area contributed by atoms with Crippen LogP contribution in [0.5, 0.6) is 0 Å². The lowest BCUT2D eigenvalue weighted by molar-refractivity contribution is -0.136. The van der Waals surface area contributed by atoms with E-state index in [0.717, 1.165) is 5.56 Å². The number of esters is 1. The third-order valence-corrected chi connectivity index (χ3v) is 3.24. The zero-order valence-electron chi connectivity index (χ0n) is 13.2. The number of hydrogen-bond acceptors (Lipinski definition) is 3. The topological polar surface area (TPSA) is 50.1 Å². The predicted molar refractivity (Wildman–Crippen MR) is 91.3 cm³/mol. The molecule has 2 rings (SSSR count). The van der Waals surface area contributed by atoms with Gasteiger partial charge in [-0.3, -0.25) is 0 Å². The fraction of sp³-hybridized carbons (Fsp3) is 0.100. The third-order valence-electron chi connectivity index (χ3n) is 3.24. The van der Waals surface area contributed by atoms with Crippen molar-refractivity contribution in [3.8, 4) is 6.07 Å². The number of carbonyl (C=O) groups excluding carboxylic acids is 1. The molecule has 0 atom stereocenters. The smallest absolute Gasteiger partial charge is 0.341 e. The van der Waals surface area contributed by atoms with E-state index in [1.165, 1.54) is 6.08 Å². The average Bonchev–Trinajstić information content (AvgIpc) is 2.62. The van der Waals surface area contributed by atoms with Crippen LogP contribution < -0.4 is 0 Å². The van der Waals surface area contributed by atoms with Crippen molar-refractivity contribution in [3.63, 3.8) is 0 Å². The van der Waals surface area contributed by atoms with Gasteiger partial charge < -0.3 is 4.74 Å². The Balaban J connectivity index is 2.36. The van der Waals surface area contributed by atoms with Gasteiger partial charge in [0.05, 0.1) is 18.2 Å². The van der Waals surface area contributed by atoms with Crippen LogP contribution in [0, 0.1) is 11.3 Å². The minimum absolute atomic E-state index is 0.109. The summed E-state index contributed by atoms with van der Waals surface area (Å²) in [4.78, 5) is 12.1. The molecule has 0 amide bonds. The van der Waals surface area contributed by atoms with Crippen molar-refractivity contribution in [1.82, 2.24) is 0 Å². The zero-order chi connectivity index (χ0) is 17.4. The molecule has 0 radical (unpaired) electrons. The number of carbonyl (C=O) groups is 1. The van der Waals surface area contributed by atoms with Crippen LogP contribution in [0.15, 0.2) is 66.5 Å². The Kier molecular flexibility index (Phi) is 6.04. The molecule has 4 heteroatoms. The molecule has 0 spiro atoms. The molecule has 0 saturated heterocycles. The number of hydrogen-bond donors (Lipinski definition) is 0. The van der Waals surface area contributed by atoms with Crippen molar-refractivity contribution < 1.29 is 13.9 Å². The fourth-order valence-corrected chi connectivity index (χ4v) is 2.08. The summed E-state index contributed by atoms with van der Waals surface area (Å²) in [6.45, 7) is 1.84. The Hall–Kier alpha value is -3.19. The highest BCUT2D eigenvalue weighted by Crippen LogP contribution is 2.23. The second-order valence-corrected chi connectivity index (χ2v) is 4.88. The second-order valence-electron chi connectivity index (χ2n) is 4.88. The van der Waals surface area contributed by atoms with E-state index in [2.05, 4.69) is 0 Å². The molecule has 0 aliphatic heterocycles. The monoisotopic (exact) mass is 321 g/mol. The first kappa shape index (κ1) is 17.2. The first-order valence-corrected chi connectivity index (χ1v) is 7.46. The van der Waals surface area contributed by atoms with Crippen LogP contribution in [0.1, 0.15) is 23.6 Å². The van der Waals surface area contributed by atoms with E-state index in [1.807, 2.05) is 6.07 Å². The van der Waals surface area contributed by atoms with Crippen LogP contribution in [0.4, 0.5) is 4.39 Å². The summed E-state index contributed by atoms with van der Waals surface area (Å²) in [5, 5.41) is 8.77. The quantitative estimate of drug-likeness (QED) is 0.462. The molecule has 0 aliphatic rings. The lowest BCUT2D eigenvalue weighted by Gasteiger charge is -2.07. The zero-order valence-corrected chi connectivity index (χ0v) is 13.2. The molecular formula is C20H16FNO2. The average molecular weight is 321 g/mol. The summed E-state index contributed by atoms with van der Waals surface area (Å²) < 4.78 is 19.6. The van der Waals surface area contributed by atoms with Crippen molar-refractivity contribution in [1.29, 1.82) is 5.26 Å². The summed E-state index contributed by atoms with van der Waals surface area (Å²) in [6.07, 6.45) is 2.76. The van der Waals surface area contributed by atoms with E-state index in [-0.39, 0.29) is 12.2 Å². The third kappa shape index (κ3) is 4.40. The van der Waals surface area contributed by atoms with E-state index < -0.39 is 11.8 Å². The van der Waals surface area contributed by atoms with Crippen LogP contribution in [-0.2, 0) is 9.53 Å². The van der Waals surface area contributed by atoms with Crippen molar-refractivity contribution in [2.24, 2.45) is 0 Å². The minimum atomic E-state index is -0.703. The fourth-order valence-electron chi connectivity index (χ4n) is 2.08. The number of nitrogens with zero attached hydrogens (tertiary/aromatic N) is 1. The number of ether oxygens (including phenoxy) is 1. The Morgan fingerprint density at radius 3 is 2.42 bits per heavy atom. The number of halogens is 1. The van der Waals surface area contributed by atoms with E-state index >= 15 is 0 Å². The number of allylic oxidation sites excluding steroid dienone is 2. The molecule has 0 N–H and O–H groups in total. The summed E-state index contributed by atoms with van der Waals surface area (Å²) >= 11 is 0. The van der Waals surface area contributed by atoms with Gasteiger partial charge in [0.15, 0.2) is 0 Å². The van der Waals surface area contributed by atoms with Gasteiger partial charge in [0, 0.05) is 0 Å². The van der Waals surface area contributed by atoms with Crippen LogP contribution in [0.2, 0.25) is 0 Å². The first-order valence-electron chi connectivity index (χ1n) is 7.46. The van der Waals surface area contributed by atoms with Crippen molar-refractivity contribution in [3.05, 3.63) is 83.2 Å². The van der Waals surface area contributed by atoms with E-state index in [1.54, 1.807) is 67.6 Å². The SMILES string of the molecule is CCOC(=O)/C(=C(F)\C=C\c1ccc(C#N)cc1)c1ccccc1. The molecule has 2 aromatic carbocycles. The molecule has 3 nitrogen and oxygen atoms in total. The maximum atomic E-state index is 14.6. The molecule has 2 aromatic rings. The van der Waals surface area contributed by atoms with Gasteiger partial charge in [0.25, 0.3) is 0 Å². The molecule has 0 heterocycles. The van der Waals surface area contributed by atoms with Crippen molar-refractivity contribution >= 4 is 17.6 Å². The van der Waals surface area contributed by atoms with Gasteiger partial charge in [0.2, 0.25) is 0 Å². The highest BCUT2D eigenvalue weighted by molar-refractivity contribution is 6.17. The molecule has 120 valence electrons. The van der Waals surface area contributed by atoms with Crippen molar-refractivity contribution in [2.75, 3.05) is 6.61 Å². The maximum Gasteiger partial charge on any atom is 0.341 e. The molecule has 0 unspecified atom stereocenters. The van der Waals surface area contributed by atoms with E-state index in [9.17, 15) is 9.18 Å². The standard InChI is InChI=1S/C20H16FNO2/c1-2-24-20(23)19(17-6-4-3-5-7-17)18(21)13-12-15-8-10-16(14-22)11-9-15/h3-13H,2H2,1H3/b13-12+,19-18+. The maximum absolute atomic E-state index is 14.6. The molecule has 0 fully saturated rings. The molecule has 24 heavy (non-hydrogen) atoms. The molecular weight excluding hydrogens is 305 g/mol. The van der Waals surface area contributed by atoms with Gasteiger partial charge in [-0.05, 0) is 36.3 Å². The van der Waals surface area contributed by atoms with Gasteiger partial charge in [0.1, 0.15) is 11.4 Å². The van der Waals surface area contributed by atoms with Crippen molar-refractivity contribution in [2.45, 2.75) is 6.92 Å². The highest BCUT2D eigenvalue weighted by atomic mass is 19.1. The van der Waals surface area contributed by atoms with Gasteiger partial charge in [-0.2, -0.15) is 5.26 Å². The predicted octanol–water partition coefficient (Wildman–Crippen LogP) is 4.52. The largest absolute Gasteiger partial charge is 0.462 e. The minimum Gasteiger partial charge on any atom is -0.462 e. The van der Waals surface area contributed by atoms with E-state index in [4.69, 9.17) is 10.00 Å². The molecule has 0 bridgehead atoms. The summed E-state index contributed by atoms with van der Waals surface area (Å²) in [5.41, 5.74) is 1.60. The summed E-state index contributed by atoms with van der Waals surface area (Å²) in [7, 11) is 0. The summed E-state index contributed by atoms with van der Waals surface area (Å²) in [5.74, 6) is -1.38. The number of rotatable bonds is 5. The van der Waals surface area contributed by atoms with Crippen LogP contribution >= 0.6 is 0 Å². The molecule has 0 aromatic heterocycles. The van der Waals surface area contributed by atoms with E-state index in [0.29, 0.717) is 11.1 Å². The first-order chi connectivity index (χ1) is 11.7. The normalized spacial score (nSPS) is 11.7. The lowest BCUT2D eigenvalue weighted by atomic mass is 10.0. The lowest BCUT2D eigenvalue weighted by Crippen LogP contribution is -2.08. The second kappa shape index (κ2) is 8.44. The highest BCUT2D eigenvalue weighted by Gasteiger charge is 2.17. The number of benzene rings is 2. The Labute approximate surface area is 140 Å². The number of nitriles is 1. The van der Waals surface area contributed by atoms with Gasteiger partial charge in [-0.1, -0.05) is 48.5 Å². The molecule has 0 saturated carbocycles. The van der Waals surface area contributed by atoms with Crippen LogP contribution in [-0.4, -0.2) is 12.6 Å². The Morgan fingerprint density at radius 1 is 1.17 bits per heavy atom. The van der Waals surface area contributed by atoms with Crippen LogP contribution in [0.25, 0.3) is 11.6 Å². The van der Waals surface area contributed by atoms with Gasteiger partial charge >= 0.3 is 5.97 Å². The Bertz CT molecular complexity index is 800. The van der Waals surface area contributed by atoms with Gasteiger partial charge in [-0.25, -0.2) is 9.18 Å². The van der Waals surface area contributed by atoms with Gasteiger partial charge in [-0.15, -0.1) is 0 Å². The molecule has 0 aliphatic carbocycles. The summed E-state index contributed by atoms with van der Waals surface area (Å²) in [6, 6.07) is 17.3. The Morgan fingerprint density at radius 2 is 1.83 bits per heavy atom.